The van der Waals surface area contributed by atoms with E-state index in [9.17, 15) is 5.11 Å². The van der Waals surface area contributed by atoms with Crippen LogP contribution in [0, 0.1) is 17.8 Å². The molecule has 0 aliphatic carbocycles. The van der Waals surface area contributed by atoms with Crippen LogP contribution < -0.4 is 0 Å². The zero-order valence-corrected chi connectivity index (χ0v) is 12.4. The lowest BCUT2D eigenvalue weighted by atomic mass is 9.93. The summed E-state index contributed by atoms with van der Waals surface area (Å²) < 4.78 is 0. The number of hydrogen-bond acceptors (Lipinski definition) is 1. The van der Waals surface area contributed by atoms with Crippen LogP contribution in [-0.2, 0) is 6.42 Å². The minimum Gasteiger partial charge on any atom is -0.380 e. The zero-order valence-electron chi connectivity index (χ0n) is 12.4. The van der Waals surface area contributed by atoms with Gasteiger partial charge in [0.2, 0.25) is 0 Å². The van der Waals surface area contributed by atoms with Crippen molar-refractivity contribution < 1.29 is 5.11 Å². The van der Waals surface area contributed by atoms with Gasteiger partial charge in [-0.1, -0.05) is 63.7 Å². The Hall–Kier alpha value is -1.26. The van der Waals surface area contributed by atoms with Gasteiger partial charge >= 0.3 is 0 Å². The number of unbranched alkanes of at least 4 members (excludes halogenated alkanes) is 1. The average molecular weight is 258 g/mol. The predicted octanol–water partition coefficient (Wildman–Crippen LogP) is 4.18. The average Bonchev–Trinajstić information content (AvgIpc) is 2.46. The minimum absolute atomic E-state index is 0.307. The first-order chi connectivity index (χ1) is 9.22. The quantitative estimate of drug-likeness (QED) is 0.759. The van der Waals surface area contributed by atoms with Crippen LogP contribution in [-0.4, -0.2) is 11.2 Å². The van der Waals surface area contributed by atoms with Crippen molar-refractivity contribution in [3.8, 4) is 11.8 Å². The molecule has 0 saturated carbocycles. The molecule has 1 nitrogen and oxygen atoms in total. The molecule has 0 spiro atoms. The van der Waals surface area contributed by atoms with Gasteiger partial charge in [0.1, 0.15) is 6.10 Å². The molecule has 1 aromatic rings. The lowest BCUT2D eigenvalue weighted by molar-refractivity contribution is 0.150. The van der Waals surface area contributed by atoms with Crippen molar-refractivity contribution in [2.45, 2.75) is 59.0 Å². The van der Waals surface area contributed by atoms with Gasteiger partial charge in [-0.15, -0.1) is 0 Å². The second-order valence-corrected chi connectivity index (χ2v) is 5.04. The van der Waals surface area contributed by atoms with Gasteiger partial charge in [-0.25, -0.2) is 0 Å². The third-order valence-electron chi connectivity index (χ3n) is 3.65. The summed E-state index contributed by atoms with van der Waals surface area (Å²) in [7, 11) is 0. The molecule has 2 atom stereocenters. The normalized spacial score (nSPS) is 13.5. The van der Waals surface area contributed by atoms with Crippen LogP contribution in [0.25, 0.3) is 0 Å². The van der Waals surface area contributed by atoms with E-state index >= 15 is 0 Å². The summed E-state index contributed by atoms with van der Waals surface area (Å²) in [6, 6.07) is 8.18. The summed E-state index contributed by atoms with van der Waals surface area (Å²) in [5.74, 6) is 6.50. The highest BCUT2D eigenvalue weighted by Gasteiger charge is 2.14. The summed E-state index contributed by atoms with van der Waals surface area (Å²) in [5, 5.41) is 10.2. The first-order valence-corrected chi connectivity index (χ1v) is 7.50. The molecular formula is C18H26O. The van der Waals surface area contributed by atoms with Crippen molar-refractivity contribution in [1.82, 2.24) is 0 Å². The largest absolute Gasteiger partial charge is 0.380 e. The van der Waals surface area contributed by atoms with Crippen LogP contribution in [0.4, 0.5) is 0 Å². The van der Waals surface area contributed by atoms with Crippen molar-refractivity contribution in [3.05, 3.63) is 35.4 Å². The Kier molecular flexibility index (Phi) is 7.30. The molecule has 0 fully saturated rings. The molecule has 0 aliphatic rings. The van der Waals surface area contributed by atoms with Crippen molar-refractivity contribution >= 4 is 0 Å². The fourth-order valence-electron chi connectivity index (χ4n) is 2.27. The van der Waals surface area contributed by atoms with Crippen LogP contribution >= 0.6 is 0 Å². The highest BCUT2D eigenvalue weighted by molar-refractivity contribution is 5.41. The zero-order chi connectivity index (χ0) is 14.1. The highest BCUT2D eigenvalue weighted by atomic mass is 16.3. The molecule has 0 saturated heterocycles. The van der Waals surface area contributed by atoms with Gasteiger partial charge in [-0.05, 0) is 36.8 Å². The number of aliphatic hydroxyl groups is 1. The molecule has 19 heavy (non-hydrogen) atoms. The monoisotopic (exact) mass is 258 g/mol. The van der Waals surface area contributed by atoms with E-state index in [0.717, 1.165) is 24.8 Å². The van der Waals surface area contributed by atoms with Crippen molar-refractivity contribution in [2.75, 3.05) is 0 Å². The predicted molar refractivity (Wildman–Crippen MR) is 82.0 cm³/mol. The molecule has 0 amide bonds. The molecule has 0 aromatic heterocycles. The lowest BCUT2D eigenvalue weighted by Crippen LogP contribution is -2.17. The number of hydrogen-bond donors (Lipinski definition) is 1. The van der Waals surface area contributed by atoms with E-state index in [0.29, 0.717) is 5.92 Å². The molecule has 0 aliphatic heterocycles. The van der Waals surface area contributed by atoms with E-state index in [-0.39, 0.29) is 0 Å². The Balaban J connectivity index is 2.74. The van der Waals surface area contributed by atoms with Gasteiger partial charge in [0, 0.05) is 5.56 Å². The molecule has 1 N–H and O–H groups in total. The van der Waals surface area contributed by atoms with Gasteiger partial charge in [0.25, 0.3) is 0 Å². The van der Waals surface area contributed by atoms with E-state index in [2.05, 4.69) is 38.7 Å². The Bertz CT molecular complexity index is 425. The third-order valence-corrected chi connectivity index (χ3v) is 3.65. The van der Waals surface area contributed by atoms with Gasteiger partial charge in [0.15, 0.2) is 0 Å². The van der Waals surface area contributed by atoms with E-state index in [4.69, 9.17) is 0 Å². The van der Waals surface area contributed by atoms with Crippen molar-refractivity contribution in [1.29, 1.82) is 0 Å². The molecular weight excluding hydrogens is 232 g/mol. The van der Waals surface area contributed by atoms with Gasteiger partial charge in [-0.2, -0.15) is 0 Å². The number of benzene rings is 1. The molecule has 0 heterocycles. The summed E-state index contributed by atoms with van der Waals surface area (Å²) in [6.45, 7) is 6.44. The second kappa shape index (κ2) is 8.77. The summed E-state index contributed by atoms with van der Waals surface area (Å²) in [6.07, 6.45) is 4.89. The standard InChI is InChI=1S/C18H26O/c1-4-7-10-16(6-3)18(19)14-13-17-12-9-8-11-15(17)5-2/h8-9,11-12,16,18-19H,4-7,10H2,1-3H3. The minimum atomic E-state index is -0.499. The molecule has 0 radical (unpaired) electrons. The van der Waals surface area contributed by atoms with Crippen LogP contribution in [0.1, 0.15) is 57.6 Å². The maximum Gasteiger partial charge on any atom is 0.117 e. The Labute approximate surface area is 118 Å². The summed E-state index contributed by atoms with van der Waals surface area (Å²) in [5.41, 5.74) is 2.30. The molecule has 104 valence electrons. The van der Waals surface area contributed by atoms with Crippen LogP contribution in [0.5, 0.6) is 0 Å². The van der Waals surface area contributed by atoms with Crippen LogP contribution in [0.3, 0.4) is 0 Å². The first-order valence-electron chi connectivity index (χ1n) is 7.50. The number of rotatable bonds is 6. The molecule has 2 unspecified atom stereocenters. The SMILES string of the molecule is CCCCC(CC)C(O)C#Cc1ccccc1CC. The maximum atomic E-state index is 10.2. The number of aryl methyl sites for hydroxylation is 1. The highest BCUT2D eigenvalue weighted by Crippen LogP contribution is 2.17. The number of aliphatic hydroxyl groups excluding tert-OH is 1. The second-order valence-electron chi connectivity index (χ2n) is 5.04. The maximum absolute atomic E-state index is 10.2. The van der Waals surface area contributed by atoms with Gasteiger partial charge < -0.3 is 5.11 Å². The molecule has 1 aromatic carbocycles. The van der Waals surface area contributed by atoms with Crippen LogP contribution in [0.15, 0.2) is 24.3 Å². The van der Waals surface area contributed by atoms with E-state index in [1.54, 1.807) is 0 Å². The summed E-state index contributed by atoms with van der Waals surface area (Å²) >= 11 is 0. The topological polar surface area (TPSA) is 20.2 Å². The summed E-state index contributed by atoms with van der Waals surface area (Å²) in [4.78, 5) is 0. The van der Waals surface area contributed by atoms with Crippen molar-refractivity contribution in [2.24, 2.45) is 5.92 Å². The smallest absolute Gasteiger partial charge is 0.117 e. The van der Waals surface area contributed by atoms with E-state index < -0.39 is 6.10 Å². The molecule has 1 heteroatoms. The molecule has 0 bridgehead atoms. The van der Waals surface area contributed by atoms with E-state index in [1.165, 1.54) is 18.4 Å². The fraction of sp³-hybridized carbons (Fsp3) is 0.556. The Morgan fingerprint density at radius 2 is 1.89 bits per heavy atom. The van der Waals surface area contributed by atoms with Crippen molar-refractivity contribution in [3.63, 3.8) is 0 Å². The Morgan fingerprint density at radius 3 is 2.53 bits per heavy atom. The fourth-order valence-corrected chi connectivity index (χ4v) is 2.27. The van der Waals surface area contributed by atoms with Gasteiger partial charge in [-0.3, -0.25) is 0 Å². The first kappa shape index (κ1) is 15.8. The van der Waals surface area contributed by atoms with E-state index in [1.807, 2.05) is 18.2 Å². The molecule has 1 rings (SSSR count). The van der Waals surface area contributed by atoms with Gasteiger partial charge in [0.05, 0.1) is 0 Å². The Morgan fingerprint density at radius 1 is 1.16 bits per heavy atom. The lowest BCUT2D eigenvalue weighted by Gasteiger charge is -2.16. The van der Waals surface area contributed by atoms with Crippen LogP contribution in [0.2, 0.25) is 0 Å². The third kappa shape index (κ3) is 5.09.